The first-order valence-corrected chi connectivity index (χ1v) is 7.68. The Morgan fingerprint density at radius 1 is 1.39 bits per heavy atom. The molecule has 3 heterocycles. The number of nitrogens with one attached hydrogen (secondary N) is 1. The molecule has 0 radical (unpaired) electrons. The van der Waals surface area contributed by atoms with Gasteiger partial charge < -0.3 is 15.0 Å². The molecule has 0 bridgehead atoms. The standard InChI is InChI=1S/C17H18N4O2/c1-20-16-5-7-21(9-13(16)15(10-22)19-20)17(23)12-3-2-11-4-6-18-14(11)8-12/h2-4,6,8,18,22H,5,7,9-10H2,1H3. The SMILES string of the molecule is Cn1nc(CO)c2c1CCN(C(=O)c1ccc3cc[nH]c3c1)C2. The highest BCUT2D eigenvalue weighted by Gasteiger charge is 2.27. The van der Waals surface area contributed by atoms with E-state index in [-0.39, 0.29) is 12.5 Å². The van der Waals surface area contributed by atoms with Crippen LogP contribution < -0.4 is 0 Å². The Hall–Kier alpha value is -2.60. The van der Waals surface area contributed by atoms with Gasteiger partial charge in [-0.05, 0) is 23.6 Å². The lowest BCUT2D eigenvalue weighted by Gasteiger charge is -2.27. The summed E-state index contributed by atoms with van der Waals surface area (Å²) in [4.78, 5) is 17.8. The van der Waals surface area contributed by atoms with Crippen LogP contribution in [0.3, 0.4) is 0 Å². The number of aromatic nitrogens is 3. The van der Waals surface area contributed by atoms with E-state index >= 15 is 0 Å². The highest BCUT2D eigenvalue weighted by molar-refractivity contribution is 5.98. The number of hydrogen-bond acceptors (Lipinski definition) is 3. The maximum Gasteiger partial charge on any atom is 0.254 e. The van der Waals surface area contributed by atoms with Crippen LogP contribution in [-0.2, 0) is 26.6 Å². The number of H-pyrrole nitrogens is 1. The van der Waals surface area contributed by atoms with Crippen molar-refractivity contribution >= 4 is 16.8 Å². The molecule has 0 unspecified atom stereocenters. The lowest BCUT2D eigenvalue weighted by atomic mass is 10.0. The second-order valence-electron chi connectivity index (χ2n) is 5.91. The molecular weight excluding hydrogens is 292 g/mol. The van der Waals surface area contributed by atoms with E-state index < -0.39 is 0 Å². The molecule has 23 heavy (non-hydrogen) atoms. The van der Waals surface area contributed by atoms with Gasteiger partial charge in [-0.1, -0.05) is 6.07 Å². The van der Waals surface area contributed by atoms with E-state index in [1.165, 1.54) is 0 Å². The van der Waals surface area contributed by atoms with E-state index in [0.29, 0.717) is 24.3 Å². The number of carbonyl (C=O) groups is 1. The number of aliphatic hydroxyl groups is 1. The molecule has 6 heteroatoms. The van der Waals surface area contributed by atoms with Gasteiger partial charge >= 0.3 is 0 Å². The smallest absolute Gasteiger partial charge is 0.254 e. The predicted molar refractivity (Wildman–Crippen MR) is 85.9 cm³/mol. The zero-order valence-corrected chi connectivity index (χ0v) is 12.9. The molecule has 4 rings (SSSR count). The molecule has 1 aliphatic heterocycles. The third-order valence-electron chi connectivity index (χ3n) is 4.56. The third-order valence-corrected chi connectivity index (χ3v) is 4.56. The molecule has 1 amide bonds. The molecule has 0 atom stereocenters. The molecule has 118 valence electrons. The quantitative estimate of drug-likeness (QED) is 0.755. The molecule has 1 aromatic carbocycles. The lowest BCUT2D eigenvalue weighted by Crippen LogP contribution is -2.36. The molecular formula is C17H18N4O2. The van der Waals surface area contributed by atoms with Crippen molar-refractivity contribution in [2.24, 2.45) is 7.05 Å². The van der Waals surface area contributed by atoms with Crippen molar-refractivity contribution in [3.63, 3.8) is 0 Å². The van der Waals surface area contributed by atoms with Crippen LogP contribution in [0.25, 0.3) is 10.9 Å². The molecule has 2 aromatic heterocycles. The van der Waals surface area contributed by atoms with Gasteiger partial charge in [-0.15, -0.1) is 0 Å². The van der Waals surface area contributed by atoms with Crippen LogP contribution in [0.15, 0.2) is 30.5 Å². The first-order valence-electron chi connectivity index (χ1n) is 7.68. The van der Waals surface area contributed by atoms with Gasteiger partial charge in [0.2, 0.25) is 0 Å². The number of aryl methyl sites for hydroxylation is 1. The van der Waals surface area contributed by atoms with Gasteiger partial charge in [0.1, 0.15) is 0 Å². The second kappa shape index (κ2) is 5.24. The maximum atomic E-state index is 12.8. The van der Waals surface area contributed by atoms with E-state index in [0.717, 1.165) is 28.6 Å². The van der Waals surface area contributed by atoms with Gasteiger partial charge in [0.15, 0.2) is 0 Å². The van der Waals surface area contributed by atoms with Crippen LogP contribution in [0.4, 0.5) is 0 Å². The highest BCUT2D eigenvalue weighted by atomic mass is 16.3. The normalized spacial score (nSPS) is 14.3. The van der Waals surface area contributed by atoms with E-state index in [4.69, 9.17) is 0 Å². The largest absolute Gasteiger partial charge is 0.390 e. The fourth-order valence-electron chi connectivity index (χ4n) is 3.33. The third kappa shape index (κ3) is 2.22. The van der Waals surface area contributed by atoms with E-state index in [1.54, 1.807) is 0 Å². The monoisotopic (exact) mass is 310 g/mol. The zero-order chi connectivity index (χ0) is 16.0. The molecule has 1 aliphatic rings. The number of aliphatic hydroxyl groups excluding tert-OH is 1. The van der Waals surface area contributed by atoms with Crippen LogP contribution in [0.5, 0.6) is 0 Å². The van der Waals surface area contributed by atoms with Crippen LogP contribution in [0, 0.1) is 0 Å². The first-order chi connectivity index (χ1) is 11.2. The predicted octanol–water partition coefficient (Wildman–Crippen LogP) is 1.59. The molecule has 6 nitrogen and oxygen atoms in total. The van der Waals surface area contributed by atoms with Crippen molar-refractivity contribution in [1.29, 1.82) is 0 Å². The average molecular weight is 310 g/mol. The number of amides is 1. The zero-order valence-electron chi connectivity index (χ0n) is 12.9. The number of carbonyl (C=O) groups excluding carboxylic acids is 1. The summed E-state index contributed by atoms with van der Waals surface area (Å²) in [6, 6.07) is 7.70. The molecule has 0 spiro atoms. The van der Waals surface area contributed by atoms with Crippen molar-refractivity contribution in [1.82, 2.24) is 19.7 Å². The first kappa shape index (κ1) is 14.0. The van der Waals surface area contributed by atoms with E-state index in [2.05, 4.69) is 10.1 Å². The summed E-state index contributed by atoms with van der Waals surface area (Å²) in [5.74, 6) is 0.0138. The van der Waals surface area contributed by atoms with Gasteiger partial charge in [-0.3, -0.25) is 9.48 Å². The fraction of sp³-hybridized carbons (Fsp3) is 0.294. The Morgan fingerprint density at radius 3 is 3.09 bits per heavy atom. The minimum Gasteiger partial charge on any atom is -0.390 e. The van der Waals surface area contributed by atoms with Crippen molar-refractivity contribution in [3.05, 3.63) is 53.0 Å². The summed E-state index contributed by atoms with van der Waals surface area (Å²) in [6.07, 6.45) is 2.63. The van der Waals surface area contributed by atoms with Gasteiger partial charge in [0.05, 0.1) is 12.3 Å². The Bertz CT molecular complexity index is 893. The molecule has 0 saturated heterocycles. The summed E-state index contributed by atoms with van der Waals surface area (Å²) in [6.45, 7) is 1.07. The van der Waals surface area contributed by atoms with Crippen LogP contribution in [0.2, 0.25) is 0 Å². The minimum atomic E-state index is -0.0976. The maximum absolute atomic E-state index is 12.8. The van der Waals surface area contributed by atoms with Crippen LogP contribution in [-0.4, -0.2) is 37.2 Å². The second-order valence-corrected chi connectivity index (χ2v) is 5.91. The van der Waals surface area contributed by atoms with Gasteiger partial charge in [0.25, 0.3) is 5.91 Å². The number of benzene rings is 1. The van der Waals surface area contributed by atoms with Gasteiger partial charge in [0, 0.05) is 55.1 Å². The molecule has 0 saturated carbocycles. The number of fused-ring (bicyclic) bond motifs is 2. The summed E-state index contributed by atoms with van der Waals surface area (Å²) >= 11 is 0. The van der Waals surface area contributed by atoms with Gasteiger partial charge in [-0.25, -0.2) is 0 Å². The van der Waals surface area contributed by atoms with Crippen molar-refractivity contribution in [2.75, 3.05) is 6.54 Å². The van der Waals surface area contributed by atoms with Crippen molar-refractivity contribution < 1.29 is 9.90 Å². The number of hydrogen-bond donors (Lipinski definition) is 2. The molecule has 2 N–H and O–H groups in total. The fourth-order valence-corrected chi connectivity index (χ4v) is 3.33. The van der Waals surface area contributed by atoms with E-state index in [9.17, 15) is 9.90 Å². The minimum absolute atomic E-state index is 0.0138. The summed E-state index contributed by atoms with van der Waals surface area (Å²) in [5.41, 5.74) is 4.40. The van der Waals surface area contributed by atoms with Crippen molar-refractivity contribution in [3.8, 4) is 0 Å². The Labute approximate surface area is 133 Å². The molecule has 3 aromatic rings. The topological polar surface area (TPSA) is 74.2 Å². The Balaban J connectivity index is 1.64. The summed E-state index contributed by atoms with van der Waals surface area (Å²) in [5, 5.41) is 14.9. The van der Waals surface area contributed by atoms with Gasteiger partial charge in [-0.2, -0.15) is 5.10 Å². The van der Waals surface area contributed by atoms with Crippen LogP contribution >= 0.6 is 0 Å². The Morgan fingerprint density at radius 2 is 2.26 bits per heavy atom. The van der Waals surface area contributed by atoms with Crippen molar-refractivity contribution in [2.45, 2.75) is 19.6 Å². The average Bonchev–Trinajstić information content (AvgIpc) is 3.17. The highest BCUT2D eigenvalue weighted by Crippen LogP contribution is 2.24. The number of rotatable bonds is 2. The van der Waals surface area contributed by atoms with Crippen LogP contribution in [0.1, 0.15) is 27.3 Å². The molecule has 0 fully saturated rings. The summed E-state index contributed by atoms with van der Waals surface area (Å²) < 4.78 is 1.81. The Kier molecular flexibility index (Phi) is 3.20. The number of nitrogens with zero attached hydrogens (tertiary/aromatic N) is 3. The summed E-state index contributed by atoms with van der Waals surface area (Å²) in [7, 11) is 1.88. The van der Waals surface area contributed by atoms with E-state index in [1.807, 2.05) is 47.1 Å². The lowest BCUT2D eigenvalue weighted by molar-refractivity contribution is 0.0732. The molecule has 0 aliphatic carbocycles. The number of aromatic amines is 1.